The molecule has 1 heterocycles. The summed E-state index contributed by atoms with van der Waals surface area (Å²) in [7, 11) is -5.61. The summed E-state index contributed by atoms with van der Waals surface area (Å²) in [5.74, 6) is 0.0856. The van der Waals surface area contributed by atoms with Crippen molar-refractivity contribution in [2.45, 2.75) is 19.4 Å². The number of rotatable bonds is 7. The molecular formula is C14H16F3N5O3S. The highest BCUT2D eigenvalue weighted by molar-refractivity contribution is 7.93. The van der Waals surface area contributed by atoms with E-state index in [1.54, 1.807) is 6.07 Å². The van der Waals surface area contributed by atoms with Crippen molar-refractivity contribution in [3.63, 3.8) is 0 Å². The lowest BCUT2D eigenvalue weighted by Crippen LogP contribution is -2.30. The molecule has 0 spiro atoms. The second kappa shape index (κ2) is 7.72. The minimum absolute atomic E-state index is 0.0856. The molecule has 0 aliphatic heterocycles. The van der Waals surface area contributed by atoms with Gasteiger partial charge in [-0.15, -0.1) is 10.2 Å². The zero-order valence-corrected chi connectivity index (χ0v) is 14.7. The molecule has 0 saturated carbocycles. The summed E-state index contributed by atoms with van der Waals surface area (Å²) in [6.07, 6.45) is 1.24. The minimum Gasteiger partial charge on any atom is -0.372 e. The maximum atomic E-state index is 12.7. The molecule has 2 aromatic rings. The molecule has 142 valence electrons. The molecule has 1 aromatic heterocycles. The van der Waals surface area contributed by atoms with Crippen molar-refractivity contribution in [3.8, 4) is 0 Å². The number of halogens is 3. The molecule has 8 nitrogen and oxygen atoms in total. The molecule has 0 unspecified atom stereocenters. The fourth-order valence-corrected chi connectivity index (χ4v) is 2.61. The summed E-state index contributed by atoms with van der Waals surface area (Å²) < 4.78 is 67.2. The van der Waals surface area contributed by atoms with Gasteiger partial charge in [0.1, 0.15) is 12.0 Å². The predicted octanol–water partition coefficient (Wildman–Crippen LogP) is 4.20. The molecule has 0 amide bonds. The van der Waals surface area contributed by atoms with Crippen molar-refractivity contribution >= 4 is 32.9 Å². The van der Waals surface area contributed by atoms with E-state index in [9.17, 15) is 21.6 Å². The van der Waals surface area contributed by atoms with Gasteiger partial charge in [0.05, 0.1) is 5.69 Å². The van der Waals surface area contributed by atoms with Crippen LogP contribution in [0.15, 0.2) is 45.3 Å². The van der Waals surface area contributed by atoms with Gasteiger partial charge in [-0.1, -0.05) is 5.16 Å². The van der Waals surface area contributed by atoms with Gasteiger partial charge in [0.2, 0.25) is 5.82 Å². The normalized spacial score (nSPS) is 12.5. The lowest BCUT2D eigenvalue weighted by atomic mass is 10.2. The van der Waals surface area contributed by atoms with E-state index < -0.39 is 15.5 Å². The quantitative estimate of drug-likeness (QED) is 0.713. The van der Waals surface area contributed by atoms with E-state index in [4.69, 9.17) is 0 Å². The van der Waals surface area contributed by atoms with Crippen LogP contribution in [-0.4, -0.2) is 32.2 Å². The van der Waals surface area contributed by atoms with Crippen LogP contribution in [0.3, 0.4) is 0 Å². The van der Waals surface area contributed by atoms with Crippen molar-refractivity contribution in [3.05, 3.63) is 30.5 Å². The third-order valence-corrected chi connectivity index (χ3v) is 4.44. The Hall–Kier alpha value is -2.63. The van der Waals surface area contributed by atoms with Gasteiger partial charge < -0.3 is 9.42 Å². The van der Waals surface area contributed by atoms with Crippen LogP contribution in [0.4, 0.5) is 36.1 Å². The maximum Gasteiger partial charge on any atom is 0.516 e. The Morgan fingerprint density at radius 3 is 2.42 bits per heavy atom. The first-order valence-corrected chi connectivity index (χ1v) is 8.96. The van der Waals surface area contributed by atoms with Crippen LogP contribution in [0, 0.1) is 0 Å². The summed E-state index contributed by atoms with van der Waals surface area (Å²) in [6.45, 7) is 4.89. The lowest BCUT2D eigenvalue weighted by molar-refractivity contribution is -0.0429. The van der Waals surface area contributed by atoms with Gasteiger partial charge in [-0.2, -0.15) is 21.6 Å². The van der Waals surface area contributed by atoms with E-state index in [2.05, 4.69) is 19.9 Å². The maximum absolute atomic E-state index is 12.7. The number of nitrogens with zero attached hydrogens (tertiary/aromatic N) is 4. The molecule has 0 aliphatic carbocycles. The molecule has 1 aromatic carbocycles. The van der Waals surface area contributed by atoms with Crippen LogP contribution in [0.1, 0.15) is 13.8 Å². The minimum atomic E-state index is -5.61. The van der Waals surface area contributed by atoms with Crippen LogP contribution in [0.25, 0.3) is 0 Å². The molecule has 12 heteroatoms. The van der Waals surface area contributed by atoms with Crippen molar-refractivity contribution in [2.75, 3.05) is 22.7 Å². The number of hydrogen-bond acceptors (Lipinski definition) is 7. The first kappa shape index (κ1) is 19.7. The monoisotopic (exact) mass is 391 g/mol. The molecular weight excluding hydrogens is 375 g/mol. The number of anilines is 2. The topological polar surface area (TPSA) is 100 Å². The largest absolute Gasteiger partial charge is 0.516 e. The number of nitrogens with one attached hydrogen (secondary N) is 1. The number of benzene rings is 1. The number of azo groups is 1. The zero-order valence-electron chi connectivity index (χ0n) is 13.9. The van der Waals surface area contributed by atoms with Crippen LogP contribution in [-0.2, 0) is 10.0 Å². The van der Waals surface area contributed by atoms with Gasteiger partial charge >= 0.3 is 15.5 Å². The summed E-state index contributed by atoms with van der Waals surface area (Å²) in [6, 6.07) is 5.63. The average Bonchev–Trinajstić information content (AvgIpc) is 3.07. The Labute approximate surface area is 147 Å². The Kier molecular flexibility index (Phi) is 5.85. The van der Waals surface area contributed by atoms with Gasteiger partial charge in [0.25, 0.3) is 0 Å². The summed E-state index contributed by atoms with van der Waals surface area (Å²) in [5.41, 5.74) is -5.37. The van der Waals surface area contributed by atoms with E-state index in [1.165, 1.54) is 29.2 Å². The second-order valence-corrected chi connectivity index (χ2v) is 6.66. The zero-order chi connectivity index (χ0) is 19.4. The molecule has 0 aliphatic rings. The highest BCUT2D eigenvalue weighted by Crippen LogP contribution is 2.34. The number of sulfonamides is 1. The Bertz CT molecular complexity index is 862. The number of hydrogen-bond donors (Lipinski definition) is 1. The Morgan fingerprint density at radius 2 is 1.88 bits per heavy atom. The van der Waals surface area contributed by atoms with E-state index in [-0.39, 0.29) is 17.2 Å². The fraction of sp³-hybridized carbons (Fsp3) is 0.357. The van der Waals surface area contributed by atoms with Crippen molar-refractivity contribution in [1.29, 1.82) is 0 Å². The summed E-state index contributed by atoms with van der Waals surface area (Å²) in [5, 5.41) is 10.9. The molecule has 0 radical (unpaired) electrons. The first-order chi connectivity index (χ1) is 12.2. The summed E-state index contributed by atoms with van der Waals surface area (Å²) >= 11 is 0. The summed E-state index contributed by atoms with van der Waals surface area (Å²) in [4.78, 5) is 1.84. The Balaban J connectivity index is 2.46. The van der Waals surface area contributed by atoms with Gasteiger partial charge in [0.15, 0.2) is 0 Å². The molecule has 0 atom stereocenters. The van der Waals surface area contributed by atoms with E-state index in [1.807, 2.05) is 18.7 Å². The van der Waals surface area contributed by atoms with Crippen LogP contribution in [0.2, 0.25) is 0 Å². The standard InChI is InChI=1S/C14H16F3N5O3S/c1-3-22(4-2)10-5-6-11(18-19-13-7-8-25-20-13)12(9-10)21-26(23,24)14(15,16)17/h5-9,21H,3-4H2,1-2H3. The van der Waals surface area contributed by atoms with Gasteiger partial charge in [0, 0.05) is 24.8 Å². The first-order valence-electron chi connectivity index (χ1n) is 7.48. The average molecular weight is 391 g/mol. The van der Waals surface area contributed by atoms with Crippen LogP contribution < -0.4 is 9.62 Å². The molecule has 0 saturated heterocycles. The second-order valence-electron chi connectivity index (χ2n) is 4.98. The van der Waals surface area contributed by atoms with Gasteiger partial charge in [-0.25, -0.2) is 0 Å². The fourth-order valence-electron chi connectivity index (χ4n) is 2.04. The van der Waals surface area contributed by atoms with Gasteiger partial charge in [-0.3, -0.25) is 4.72 Å². The van der Waals surface area contributed by atoms with E-state index in [0.717, 1.165) is 0 Å². The highest BCUT2D eigenvalue weighted by atomic mass is 32.2. The lowest BCUT2D eigenvalue weighted by Gasteiger charge is -2.22. The molecule has 0 fully saturated rings. The predicted molar refractivity (Wildman–Crippen MR) is 89.3 cm³/mol. The van der Waals surface area contributed by atoms with Gasteiger partial charge in [-0.05, 0) is 32.0 Å². The van der Waals surface area contributed by atoms with Crippen molar-refractivity contribution in [2.24, 2.45) is 10.2 Å². The highest BCUT2D eigenvalue weighted by Gasteiger charge is 2.46. The van der Waals surface area contributed by atoms with Crippen LogP contribution in [0.5, 0.6) is 0 Å². The van der Waals surface area contributed by atoms with Crippen molar-refractivity contribution in [1.82, 2.24) is 5.16 Å². The third kappa shape index (κ3) is 4.50. The van der Waals surface area contributed by atoms with Crippen LogP contribution >= 0.6 is 0 Å². The number of aromatic nitrogens is 1. The SMILES string of the molecule is CCN(CC)c1ccc(N=Nc2ccon2)c(NS(=O)(=O)C(F)(F)F)c1. The molecule has 1 N–H and O–H groups in total. The van der Waals surface area contributed by atoms with Crippen molar-refractivity contribution < 1.29 is 26.1 Å². The smallest absolute Gasteiger partial charge is 0.372 e. The molecule has 26 heavy (non-hydrogen) atoms. The molecule has 0 bridgehead atoms. The van der Waals surface area contributed by atoms with E-state index in [0.29, 0.717) is 18.8 Å². The third-order valence-electron chi connectivity index (χ3n) is 3.34. The van der Waals surface area contributed by atoms with E-state index >= 15 is 0 Å². The Morgan fingerprint density at radius 1 is 1.19 bits per heavy atom. The number of alkyl halides is 3. The molecule has 2 rings (SSSR count).